The van der Waals surface area contributed by atoms with E-state index in [1.807, 2.05) is 19.2 Å². The molecule has 0 saturated heterocycles. The average Bonchev–Trinajstić information content (AvgIpc) is 2.50. The number of aryl methyl sites for hydroxylation is 1. The molecule has 0 aliphatic heterocycles. The number of nitrogens with one attached hydrogen (secondary N) is 1. The van der Waals surface area contributed by atoms with Gasteiger partial charge >= 0.3 is 0 Å². The Morgan fingerprint density at radius 2 is 1.76 bits per heavy atom. The number of nitrogens with zero attached hydrogens (tertiary/aromatic N) is 1. The molecule has 3 heteroatoms. The van der Waals surface area contributed by atoms with Crippen LogP contribution in [0.4, 0.5) is 0 Å². The molecule has 3 aromatic rings. The van der Waals surface area contributed by atoms with Crippen molar-refractivity contribution in [3.8, 4) is 0 Å². The molecule has 1 atom stereocenters. The fraction of sp³-hybridized carbons (Fsp3) is 0.167. The standard InChI is InChI=1S/C18H17BrN2/c1-12-7-3-5-9-14(12)17(20-2)18-15(19)11-13-8-4-6-10-16(13)21-18/h3-11,17,20H,1-2H3. The highest BCUT2D eigenvalue weighted by molar-refractivity contribution is 9.10. The molecule has 0 bridgehead atoms. The van der Waals surface area contributed by atoms with Crippen LogP contribution < -0.4 is 5.32 Å². The van der Waals surface area contributed by atoms with Crippen molar-refractivity contribution < 1.29 is 0 Å². The Bertz CT molecular complexity index is 783. The third-order valence-corrected chi connectivity index (χ3v) is 4.40. The van der Waals surface area contributed by atoms with Gasteiger partial charge in [0, 0.05) is 9.86 Å². The molecule has 0 amide bonds. The minimum atomic E-state index is 0.0742. The summed E-state index contributed by atoms with van der Waals surface area (Å²) in [4.78, 5) is 4.85. The first-order chi connectivity index (χ1) is 10.2. The summed E-state index contributed by atoms with van der Waals surface area (Å²) in [6.07, 6.45) is 0. The van der Waals surface area contributed by atoms with E-state index in [1.54, 1.807) is 0 Å². The van der Waals surface area contributed by atoms with Gasteiger partial charge in [0.25, 0.3) is 0 Å². The van der Waals surface area contributed by atoms with E-state index in [4.69, 9.17) is 4.98 Å². The summed E-state index contributed by atoms with van der Waals surface area (Å²) in [5.74, 6) is 0. The highest BCUT2D eigenvalue weighted by atomic mass is 79.9. The second-order valence-corrected chi connectivity index (χ2v) is 5.98. The second kappa shape index (κ2) is 5.96. The Morgan fingerprint density at radius 3 is 2.52 bits per heavy atom. The molecule has 21 heavy (non-hydrogen) atoms. The molecule has 2 aromatic carbocycles. The zero-order valence-corrected chi connectivity index (χ0v) is 13.7. The van der Waals surface area contributed by atoms with Gasteiger partial charge in [0.05, 0.1) is 17.3 Å². The van der Waals surface area contributed by atoms with Crippen molar-refractivity contribution in [1.29, 1.82) is 0 Å². The molecule has 0 spiro atoms. The van der Waals surface area contributed by atoms with E-state index in [9.17, 15) is 0 Å². The molecule has 0 fully saturated rings. The van der Waals surface area contributed by atoms with Crippen molar-refractivity contribution in [1.82, 2.24) is 10.3 Å². The van der Waals surface area contributed by atoms with Gasteiger partial charge < -0.3 is 5.32 Å². The number of para-hydroxylation sites is 1. The third-order valence-electron chi connectivity index (χ3n) is 3.77. The van der Waals surface area contributed by atoms with E-state index in [-0.39, 0.29) is 6.04 Å². The molecular formula is C18H17BrN2. The molecule has 0 radical (unpaired) electrons. The first kappa shape index (κ1) is 14.2. The molecule has 1 aromatic heterocycles. The van der Waals surface area contributed by atoms with E-state index in [0.29, 0.717) is 0 Å². The van der Waals surface area contributed by atoms with Gasteiger partial charge in [0.15, 0.2) is 0 Å². The predicted molar refractivity (Wildman–Crippen MR) is 91.5 cm³/mol. The van der Waals surface area contributed by atoms with Crippen LogP contribution in [-0.4, -0.2) is 12.0 Å². The van der Waals surface area contributed by atoms with Gasteiger partial charge in [-0.25, -0.2) is 4.98 Å². The van der Waals surface area contributed by atoms with Crippen LogP contribution in [0.25, 0.3) is 10.9 Å². The Kier molecular flexibility index (Phi) is 4.04. The van der Waals surface area contributed by atoms with E-state index < -0.39 is 0 Å². The minimum Gasteiger partial charge on any atom is -0.308 e. The Hall–Kier alpha value is -1.71. The third kappa shape index (κ3) is 2.71. The van der Waals surface area contributed by atoms with Crippen LogP contribution in [0.5, 0.6) is 0 Å². The molecule has 0 aliphatic rings. The highest BCUT2D eigenvalue weighted by Gasteiger charge is 2.18. The molecule has 106 valence electrons. The number of fused-ring (bicyclic) bond motifs is 1. The maximum Gasteiger partial charge on any atom is 0.0768 e. The first-order valence-corrected chi connectivity index (χ1v) is 7.78. The predicted octanol–water partition coefficient (Wildman–Crippen LogP) is 4.61. The van der Waals surface area contributed by atoms with Crippen molar-refractivity contribution in [2.75, 3.05) is 7.05 Å². The summed E-state index contributed by atoms with van der Waals surface area (Å²) < 4.78 is 1.03. The highest BCUT2D eigenvalue weighted by Crippen LogP contribution is 2.31. The number of hydrogen-bond acceptors (Lipinski definition) is 2. The number of rotatable bonds is 3. The Morgan fingerprint density at radius 1 is 1.05 bits per heavy atom. The van der Waals surface area contributed by atoms with E-state index in [0.717, 1.165) is 21.1 Å². The topological polar surface area (TPSA) is 24.9 Å². The number of aromatic nitrogens is 1. The lowest BCUT2D eigenvalue weighted by molar-refractivity contribution is 0.667. The summed E-state index contributed by atoms with van der Waals surface area (Å²) >= 11 is 3.68. The molecule has 0 aliphatic carbocycles. The van der Waals surface area contributed by atoms with Crippen LogP contribution in [-0.2, 0) is 0 Å². The van der Waals surface area contributed by atoms with Crippen LogP contribution in [0, 0.1) is 6.92 Å². The SMILES string of the molecule is CNC(c1ccccc1C)c1nc2ccccc2cc1Br. The number of benzene rings is 2. The van der Waals surface area contributed by atoms with E-state index in [2.05, 4.69) is 70.6 Å². The number of hydrogen-bond donors (Lipinski definition) is 1. The fourth-order valence-corrected chi connectivity index (χ4v) is 3.22. The van der Waals surface area contributed by atoms with Crippen molar-refractivity contribution in [2.45, 2.75) is 13.0 Å². The lowest BCUT2D eigenvalue weighted by Gasteiger charge is -2.20. The summed E-state index contributed by atoms with van der Waals surface area (Å²) in [7, 11) is 1.97. The lowest BCUT2D eigenvalue weighted by Crippen LogP contribution is -2.20. The summed E-state index contributed by atoms with van der Waals surface area (Å²) in [6.45, 7) is 2.13. The van der Waals surface area contributed by atoms with Crippen molar-refractivity contribution in [3.05, 3.63) is 75.9 Å². The van der Waals surface area contributed by atoms with Crippen LogP contribution in [0.1, 0.15) is 22.9 Å². The van der Waals surface area contributed by atoms with Crippen LogP contribution in [0.2, 0.25) is 0 Å². The number of halogens is 1. The van der Waals surface area contributed by atoms with Gasteiger partial charge in [-0.1, -0.05) is 42.5 Å². The summed E-state index contributed by atoms with van der Waals surface area (Å²) in [6, 6.07) is 18.8. The van der Waals surface area contributed by atoms with Gasteiger partial charge in [0.2, 0.25) is 0 Å². The molecule has 0 saturated carbocycles. The molecule has 2 nitrogen and oxygen atoms in total. The molecular weight excluding hydrogens is 324 g/mol. The largest absolute Gasteiger partial charge is 0.308 e. The monoisotopic (exact) mass is 340 g/mol. The molecule has 3 rings (SSSR count). The minimum absolute atomic E-state index is 0.0742. The van der Waals surface area contributed by atoms with Gasteiger partial charge in [-0.3, -0.25) is 0 Å². The molecule has 1 N–H and O–H groups in total. The lowest BCUT2D eigenvalue weighted by atomic mass is 9.98. The van der Waals surface area contributed by atoms with Gasteiger partial charge in [-0.15, -0.1) is 0 Å². The van der Waals surface area contributed by atoms with Crippen molar-refractivity contribution in [3.63, 3.8) is 0 Å². The van der Waals surface area contributed by atoms with Gasteiger partial charge in [-0.2, -0.15) is 0 Å². The smallest absolute Gasteiger partial charge is 0.0768 e. The fourth-order valence-electron chi connectivity index (χ4n) is 2.66. The van der Waals surface area contributed by atoms with Crippen LogP contribution in [0.3, 0.4) is 0 Å². The molecule has 1 unspecified atom stereocenters. The van der Waals surface area contributed by atoms with Crippen molar-refractivity contribution >= 4 is 26.8 Å². The Labute approximate surface area is 133 Å². The van der Waals surface area contributed by atoms with E-state index in [1.165, 1.54) is 11.1 Å². The van der Waals surface area contributed by atoms with Gasteiger partial charge in [0.1, 0.15) is 0 Å². The van der Waals surface area contributed by atoms with Gasteiger partial charge in [-0.05, 0) is 53.2 Å². The van der Waals surface area contributed by atoms with E-state index >= 15 is 0 Å². The van der Waals surface area contributed by atoms with Crippen LogP contribution >= 0.6 is 15.9 Å². The maximum atomic E-state index is 4.85. The average molecular weight is 341 g/mol. The first-order valence-electron chi connectivity index (χ1n) is 6.98. The van der Waals surface area contributed by atoms with Crippen LogP contribution in [0.15, 0.2) is 59.1 Å². The number of pyridine rings is 1. The van der Waals surface area contributed by atoms with Crippen molar-refractivity contribution in [2.24, 2.45) is 0 Å². The Balaban J connectivity index is 2.17. The zero-order chi connectivity index (χ0) is 14.8. The summed E-state index contributed by atoms with van der Waals surface area (Å²) in [5.41, 5.74) is 4.55. The summed E-state index contributed by atoms with van der Waals surface area (Å²) in [5, 5.41) is 4.53. The zero-order valence-electron chi connectivity index (χ0n) is 12.1. The quantitative estimate of drug-likeness (QED) is 0.752. The second-order valence-electron chi connectivity index (χ2n) is 5.13. The maximum absolute atomic E-state index is 4.85. The molecule has 1 heterocycles. The normalized spacial score (nSPS) is 12.5.